The van der Waals surface area contributed by atoms with Crippen LogP contribution in [0.1, 0.15) is 20.8 Å². The predicted molar refractivity (Wildman–Crippen MR) is 137 cm³/mol. The van der Waals surface area contributed by atoms with E-state index in [0.29, 0.717) is 27.5 Å². The molecule has 6 rings (SSSR count). The number of rotatable bonds is 6. The van der Waals surface area contributed by atoms with Gasteiger partial charge in [0.1, 0.15) is 16.9 Å². The van der Waals surface area contributed by atoms with Crippen molar-refractivity contribution in [3.63, 3.8) is 0 Å². The van der Waals surface area contributed by atoms with Crippen molar-refractivity contribution in [3.8, 4) is 17.2 Å². The van der Waals surface area contributed by atoms with Crippen LogP contribution in [0.2, 0.25) is 0 Å². The van der Waals surface area contributed by atoms with Crippen LogP contribution in [-0.2, 0) is 20.2 Å². The fraction of sp³-hybridized carbons (Fsp3) is 0.148. The van der Waals surface area contributed by atoms with Gasteiger partial charge in [0.05, 0.1) is 10.2 Å². The van der Waals surface area contributed by atoms with Crippen LogP contribution in [0.15, 0.2) is 71.8 Å². The molecule has 0 fully saturated rings. The number of aryl methyl sites for hydroxylation is 1. The van der Waals surface area contributed by atoms with Crippen molar-refractivity contribution in [1.29, 1.82) is 0 Å². The molecule has 1 aliphatic rings. The number of amides is 1. The predicted octanol–water partition coefficient (Wildman–Crippen LogP) is 4.39. The highest BCUT2D eigenvalue weighted by atomic mass is 32.1. The molecular formula is C27H21N3O5S. The van der Waals surface area contributed by atoms with Gasteiger partial charge in [0.2, 0.25) is 6.79 Å². The molecule has 5 aromatic rings. The second kappa shape index (κ2) is 9.01. The Kier molecular flexibility index (Phi) is 5.54. The van der Waals surface area contributed by atoms with Crippen LogP contribution in [0.3, 0.4) is 0 Å². The molecule has 180 valence electrons. The van der Waals surface area contributed by atoms with Gasteiger partial charge < -0.3 is 24.1 Å². The highest BCUT2D eigenvalue weighted by molar-refractivity contribution is 7.22. The Balaban J connectivity index is 1.40. The van der Waals surface area contributed by atoms with Crippen molar-refractivity contribution in [2.45, 2.75) is 13.2 Å². The lowest BCUT2D eigenvalue weighted by Gasteiger charge is -2.10. The van der Waals surface area contributed by atoms with Crippen LogP contribution in [0, 0.1) is 0 Å². The average Bonchev–Trinajstić information content (AvgIpc) is 3.54. The first kappa shape index (κ1) is 22.1. The molecule has 0 unspecified atom stereocenters. The second-order valence-electron chi connectivity index (χ2n) is 8.36. The Hall–Kier alpha value is -4.37. The lowest BCUT2D eigenvalue weighted by atomic mass is 10.1. The summed E-state index contributed by atoms with van der Waals surface area (Å²) in [5.41, 5.74) is 2.34. The zero-order chi connectivity index (χ0) is 24.6. The third kappa shape index (κ3) is 3.83. The molecule has 36 heavy (non-hydrogen) atoms. The Morgan fingerprint density at radius 2 is 1.89 bits per heavy atom. The lowest BCUT2D eigenvalue weighted by Crippen LogP contribution is -2.23. The van der Waals surface area contributed by atoms with E-state index in [4.69, 9.17) is 14.2 Å². The molecule has 8 nitrogen and oxygen atoms in total. The zero-order valence-corrected chi connectivity index (χ0v) is 20.1. The van der Waals surface area contributed by atoms with E-state index < -0.39 is 0 Å². The van der Waals surface area contributed by atoms with Crippen molar-refractivity contribution in [3.05, 3.63) is 93.3 Å². The first-order valence-corrected chi connectivity index (χ1v) is 12.1. The number of hydrogen-bond acceptors (Lipinski definition) is 7. The van der Waals surface area contributed by atoms with Gasteiger partial charge in [0.15, 0.2) is 17.2 Å². The van der Waals surface area contributed by atoms with Gasteiger partial charge in [0.25, 0.3) is 11.5 Å². The van der Waals surface area contributed by atoms with Crippen molar-refractivity contribution < 1.29 is 19.0 Å². The van der Waals surface area contributed by atoms with Gasteiger partial charge in [-0.1, -0.05) is 24.3 Å². The monoisotopic (exact) mass is 499 g/mol. The van der Waals surface area contributed by atoms with Crippen molar-refractivity contribution in [2.24, 2.45) is 7.05 Å². The first-order valence-electron chi connectivity index (χ1n) is 11.3. The summed E-state index contributed by atoms with van der Waals surface area (Å²) in [7, 11) is 1.73. The minimum atomic E-state index is -0.315. The van der Waals surface area contributed by atoms with Crippen molar-refractivity contribution in [2.75, 3.05) is 6.79 Å². The number of nitrogens with one attached hydrogen (secondary N) is 1. The standard InChI is InChI=1S/C27H21N3O5S/c1-30-19-5-3-2-4-18(19)24-22(27(30)32)23(33-14-16-8-10-28-11-9-16)25(36-24)26(31)29-13-17-6-7-20-21(12-17)35-15-34-20/h2-12H,13-15H2,1H3,(H,29,31). The summed E-state index contributed by atoms with van der Waals surface area (Å²) in [6.07, 6.45) is 3.35. The fourth-order valence-electron chi connectivity index (χ4n) is 4.27. The topological polar surface area (TPSA) is 91.7 Å². The maximum Gasteiger partial charge on any atom is 0.265 e. The number of thiophene rings is 1. The second-order valence-corrected chi connectivity index (χ2v) is 9.38. The number of fused-ring (bicyclic) bond motifs is 4. The average molecular weight is 500 g/mol. The van der Waals surface area contributed by atoms with E-state index in [1.165, 1.54) is 11.3 Å². The quantitative estimate of drug-likeness (QED) is 0.373. The molecule has 3 aromatic heterocycles. The third-order valence-electron chi connectivity index (χ3n) is 6.12. The van der Waals surface area contributed by atoms with Crippen molar-refractivity contribution in [1.82, 2.24) is 14.9 Å². The van der Waals surface area contributed by atoms with Crippen LogP contribution in [0.5, 0.6) is 17.2 Å². The maximum absolute atomic E-state index is 13.4. The number of nitrogens with zero attached hydrogens (tertiary/aromatic N) is 2. The van der Waals surface area contributed by atoms with Gasteiger partial charge in [-0.05, 0) is 41.5 Å². The first-order chi connectivity index (χ1) is 17.6. The summed E-state index contributed by atoms with van der Waals surface area (Å²) in [5, 5.41) is 4.26. The summed E-state index contributed by atoms with van der Waals surface area (Å²) in [4.78, 5) is 31.2. The molecule has 0 saturated heterocycles. The molecule has 1 aliphatic heterocycles. The number of benzene rings is 2. The van der Waals surface area contributed by atoms with Crippen LogP contribution < -0.4 is 25.1 Å². The van der Waals surface area contributed by atoms with E-state index in [1.54, 1.807) is 24.0 Å². The fourth-order valence-corrected chi connectivity index (χ4v) is 5.46. The highest BCUT2D eigenvalue weighted by Crippen LogP contribution is 2.40. The lowest BCUT2D eigenvalue weighted by molar-refractivity contribution is 0.0951. The van der Waals surface area contributed by atoms with Gasteiger partial charge in [-0.25, -0.2) is 0 Å². The molecular weight excluding hydrogens is 478 g/mol. The zero-order valence-electron chi connectivity index (χ0n) is 19.3. The van der Waals surface area contributed by atoms with E-state index in [0.717, 1.165) is 26.7 Å². The Labute approximate surface area is 209 Å². The molecule has 2 aromatic carbocycles. The van der Waals surface area contributed by atoms with E-state index in [1.807, 2.05) is 54.6 Å². The van der Waals surface area contributed by atoms with Crippen LogP contribution in [0.4, 0.5) is 0 Å². The summed E-state index contributed by atoms with van der Waals surface area (Å²) in [6.45, 7) is 0.674. The number of ether oxygens (including phenoxy) is 3. The van der Waals surface area contributed by atoms with Crippen molar-refractivity contribution >= 4 is 38.2 Å². The smallest absolute Gasteiger partial charge is 0.265 e. The number of para-hydroxylation sites is 1. The minimum absolute atomic E-state index is 0.189. The van der Waals surface area contributed by atoms with Crippen LogP contribution in [0.25, 0.3) is 21.0 Å². The SMILES string of the molecule is Cn1c(=O)c2c(OCc3ccncc3)c(C(=O)NCc3ccc4c(c3)OCO4)sc2c2ccccc21. The van der Waals surface area contributed by atoms with E-state index in [-0.39, 0.29) is 31.4 Å². The Morgan fingerprint density at radius 1 is 1.08 bits per heavy atom. The number of carbonyl (C=O) groups excluding carboxylic acids is 1. The summed E-state index contributed by atoms with van der Waals surface area (Å²) in [5.74, 6) is 1.31. The molecule has 1 amide bonds. The van der Waals surface area contributed by atoms with Gasteiger partial charge in [0, 0.05) is 31.4 Å². The summed E-state index contributed by atoms with van der Waals surface area (Å²) in [6, 6.07) is 16.9. The number of aromatic nitrogens is 2. The highest BCUT2D eigenvalue weighted by Gasteiger charge is 2.25. The van der Waals surface area contributed by atoms with E-state index in [9.17, 15) is 9.59 Å². The maximum atomic E-state index is 13.4. The molecule has 4 heterocycles. The molecule has 0 spiro atoms. The molecule has 9 heteroatoms. The van der Waals surface area contributed by atoms with Gasteiger partial charge in [-0.3, -0.25) is 14.6 Å². The number of carbonyl (C=O) groups is 1. The minimum Gasteiger partial charge on any atom is -0.486 e. The normalized spacial score (nSPS) is 12.2. The van der Waals surface area contributed by atoms with E-state index in [2.05, 4.69) is 10.3 Å². The Bertz CT molecular complexity index is 1680. The summed E-state index contributed by atoms with van der Waals surface area (Å²) >= 11 is 1.27. The number of pyridine rings is 2. The molecule has 1 N–H and O–H groups in total. The largest absolute Gasteiger partial charge is 0.486 e. The molecule has 0 aliphatic carbocycles. The molecule has 0 bridgehead atoms. The summed E-state index contributed by atoms with van der Waals surface area (Å²) < 4.78 is 19.3. The van der Waals surface area contributed by atoms with E-state index >= 15 is 0 Å². The van der Waals surface area contributed by atoms with Gasteiger partial charge >= 0.3 is 0 Å². The van der Waals surface area contributed by atoms with Crippen LogP contribution >= 0.6 is 11.3 Å². The third-order valence-corrected chi connectivity index (χ3v) is 7.32. The molecule has 0 saturated carbocycles. The van der Waals surface area contributed by atoms with Gasteiger partial charge in [-0.2, -0.15) is 0 Å². The van der Waals surface area contributed by atoms with Gasteiger partial charge in [-0.15, -0.1) is 11.3 Å². The molecule has 0 radical (unpaired) electrons. The van der Waals surface area contributed by atoms with Crippen LogP contribution in [-0.4, -0.2) is 22.3 Å². The number of hydrogen-bond donors (Lipinski definition) is 1. The Morgan fingerprint density at radius 3 is 2.75 bits per heavy atom. The molecule has 0 atom stereocenters.